The number of nitriles is 1. The Morgan fingerprint density at radius 1 is 1.15 bits per heavy atom. The molecule has 0 radical (unpaired) electrons. The lowest BCUT2D eigenvalue weighted by Gasteiger charge is -2.19. The highest BCUT2D eigenvalue weighted by molar-refractivity contribution is 6.10. The molecular formula is C27H21F3N8O2. The molecule has 40 heavy (non-hydrogen) atoms. The fraction of sp³-hybridized carbons (Fsp3) is 0.185. The van der Waals surface area contributed by atoms with Crippen LogP contribution in [0.1, 0.15) is 38.3 Å². The second kappa shape index (κ2) is 10.1. The number of halogens is 3. The zero-order valence-electron chi connectivity index (χ0n) is 21.0. The van der Waals surface area contributed by atoms with Crippen LogP contribution in [-0.4, -0.2) is 38.1 Å². The topological polar surface area (TPSA) is 143 Å². The van der Waals surface area contributed by atoms with E-state index in [1.807, 2.05) is 6.07 Å². The van der Waals surface area contributed by atoms with Gasteiger partial charge in [0.2, 0.25) is 5.91 Å². The normalized spacial score (nSPS) is 12.8. The van der Waals surface area contributed by atoms with Crippen LogP contribution in [0, 0.1) is 11.3 Å². The lowest BCUT2D eigenvalue weighted by molar-refractivity contribution is -0.138. The summed E-state index contributed by atoms with van der Waals surface area (Å²) >= 11 is 0. The van der Waals surface area contributed by atoms with Gasteiger partial charge in [-0.05, 0) is 59.2 Å². The van der Waals surface area contributed by atoms with E-state index in [1.54, 1.807) is 41.9 Å². The number of aromatic nitrogens is 4. The molecule has 13 heteroatoms. The molecule has 5 rings (SSSR count). The van der Waals surface area contributed by atoms with Crippen molar-refractivity contribution in [1.29, 1.82) is 5.26 Å². The first-order valence-corrected chi connectivity index (χ1v) is 12.0. The number of anilines is 2. The van der Waals surface area contributed by atoms with Gasteiger partial charge in [-0.1, -0.05) is 6.07 Å². The predicted octanol–water partition coefficient (Wildman–Crippen LogP) is 4.15. The van der Waals surface area contributed by atoms with Crippen molar-refractivity contribution in [2.45, 2.75) is 19.1 Å². The van der Waals surface area contributed by atoms with Gasteiger partial charge in [0.1, 0.15) is 18.0 Å². The Morgan fingerprint density at radius 2 is 1.95 bits per heavy atom. The van der Waals surface area contributed by atoms with Crippen LogP contribution in [-0.2, 0) is 19.8 Å². The number of aryl methyl sites for hydroxylation is 1. The number of primary amides is 1. The molecule has 4 aromatic rings. The molecule has 202 valence electrons. The molecule has 0 aliphatic carbocycles. The highest BCUT2D eigenvalue weighted by Gasteiger charge is 2.40. The Labute approximate surface area is 225 Å². The van der Waals surface area contributed by atoms with Crippen molar-refractivity contribution in [3.63, 3.8) is 0 Å². The van der Waals surface area contributed by atoms with Crippen molar-refractivity contribution in [1.82, 2.24) is 19.7 Å². The zero-order chi connectivity index (χ0) is 28.6. The Hall–Kier alpha value is -5.25. The fourth-order valence-corrected chi connectivity index (χ4v) is 4.59. The van der Waals surface area contributed by atoms with E-state index in [-0.39, 0.29) is 47.8 Å². The summed E-state index contributed by atoms with van der Waals surface area (Å²) in [7, 11) is 1.74. The lowest BCUT2D eigenvalue weighted by atomic mass is 9.96. The number of nitrogens with zero attached hydrogens (tertiary/aromatic N) is 6. The maximum absolute atomic E-state index is 13.7. The second-order valence-electron chi connectivity index (χ2n) is 9.04. The number of alkyl halides is 3. The quantitative estimate of drug-likeness (QED) is 0.332. The summed E-state index contributed by atoms with van der Waals surface area (Å²) in [6.07, 6.45) is -2.97. The van der Waals surface area contributed by atoms with E-state index in [4.69, 9.17) is 11.0 Å². The number of benzene rings is 2. The van der Waals surface area contributed by atoms with Crippen LogP contribution in [0.5, 0.6) is 0 Å². The average molecular weight is 547 g/mol. The van der Waals surface area contributed by atoms with E-state index in [1.165, 1.54) is 23.4 Å². The summed E-state index contributed by atoms with van der Waals surface area (Å²) in [5.74, 6) is -0.469. The molecule has 0 spiro atoms. The molecule has 0 fully saturated rings. The summed E-state index contributed by atoms with van der Waals surface area (Å²) in [5, 5.41) is 20.1. The van der Waals surface area contributed by atoms with Gasteiger partial charge in [0, 0.05) is 30.3 Å². The second-order valence-corrected chi connectivity index (χ2v) is 9.04. The first-order chi connectivity index (χ1) is 19.1. The van der Waals surface area contributed by atoms with Gasteiger partial charge in [-0.2, -0.15) is 18.4 Å². The number of hydrogen-bond donors (Lipinski definition) is 2. The number of fused-ring (bicyclic) bond motifs is 1. The Bertz CT molecular complexity index is 1690. The largest absolute Gasteiger partial charge is 0.416 e. The molecule has 0 bridgehead atoms. The van der Waals surface area contributed by atoms with Crippen molar-refractivity contribution in [2.24, 2.45) is 12.8 Å². The SMILES string of the molecule is Cn1cnnc1-c1ccc(C(N)=O)cc1-c1cc(NCCC#N)nc(N2Cc3c(cccc3C(F)(F)F)C2=O)c1. The standard InChI is InChI=1S/C27H21F3N8O2/c1-37-14-34-36-25(37)17-7-6-15(24(32)39)10-19(17)16-11-22(33-9-3-8-31)35-23(12-16)38-13-20-18(26(38)40)4-2-5-21(20)27(28,29)30/h2,4-7,10-12,14H,3,9,13H2,1H3,(H2,32,39)(H,33,35). The molecule has 10 nitrogen and oxygen atoms in total. The third-order valence-electron chi connectivity index (χ3n) is 6.47. The molecule has 0 unspecified atom stereocenters. The van der Waals surface area contributed by atoms with Gasteiger partial charge in [-0.3, -0.25) is 14.5 Å². The highest BCUT2D eigenvalue weighted by Crippen LogP contribution is 2.40. The number of carbonyl (C=O) groups is 2. The molecule has 2 aromatic heterocycles. The van der Waals surface area contributed by atoms with Crippen LogP contribution < -0.4 is 16.0 Å². The number of pyridine rings is 1. The van der Waals surface area contributed by atoms with Gasteiger partial charge in [-0.15, -0.1) is 10.2 Å². The fourth-order valence-electron chi connectivity index (χ4n) is 4.59. The van der Waals surface area contributed by atoms with Crippen LogP contribution in [0.4, 0.5) is 24.8 Å². The maximum Gasteiger partial charge on any atom is 0.416 e. The van der Waals surface area contributed by atoms with Crippen LogP contribution in [0.15, 0.2) is 54.9 Å². The smallest absolute Gasteiger partial charge is 0.369 e. The summed E-state index contributed by atoms with van der Waals surface area (Å²) < 4.78 is 42.8. The molecule has 2 aromatic carbocycles. The van der Waals surface area contributed by atoms with Crippen LogP contribution in [0.2, 0.25) is 0 Å². The van der Waals surface area contributed by atoms with Crippen LogP contribution in [0.25, 0.3) is 22.5 Å². The summed E-state index contributed by atoms with van der Waals surface area (Å²) in [6, 6.07) is 13.5. The lowest BCUT2D eigenvalue weighted by Crippen LogP contribution is -2.24. The molecule has 2 amide bonds. The Morgan fingerprint density at radius 3 is 2.62 bits per heavy atom. The number of nitrogens with one attached hydrogen (secondary N) is 1. The van der Waals surface area contributed by atoms with E-state index >= 15 is 0 Å². The summed E-state index contributed by atoms with van der Waals surface area (Å²) in [6.45, 7) is -0.105. The van der Waals surface area contributed by atoms with E-state index in [2.05, 4.69) is 20.5 Å². The molecule has 3 N–H and O–H groups in total. The monoisotopic (exact) mass is 546 g/mol. The molecule has 3 heterocycles. The number of nitrogens with two attached hydrogens (primary N) is 1. The number of carbonyl (C=O) groups excluding carboxylic acids is 2. The average Bonchev–Trinajstić information content (AvgIpc) is 3.50. The van der Waals surface area contributed by atoms with E-state index < -0.39 is 23.6 Å². The van der Waals surface area contributed by atoms with Crippen molar-refractivity contribution in [3.05, 3.63) is 77.1 Å². The zero-order valence-corrected chi connectivity index (χ0v) is 21.0. The summed E-state index contributed by atoms with van der Waals surface area (Å²) in [5.41, 5.74) is 6.23. The summed E-state index contributed by atoms with van der Waals surface area (Å²) in [4.78, 5) is 31.0. The Kier molecular flexibility index (Phi) is 6.68. The molecule has 0 saturated carbocycles. The van der Waals surface area contributed by atoms with E-state index in [0.29, 0.717) is 22.5 Å². The van der Waals surface area contributed by atoms with E-state index in [0.717, 1.165) is 6.07 Å². The van der Waals surface area contributed by atoms with Gasteiger partial charge in [0.15, 0.2) is 5.82 Å². The van der Waals surface area contributed by atoms with Crippen molar-refractivity contribution in [2.75, 3.05) is 16.8 Å². The number of rotatable bonds is 7. The minimum absolute atomic E-state index is 0.0588. The maximum atomic E-state index is 13.7. The van der Waals surface area contributed by atoms with Crippen LogP contribution >= 0.6 is 0 Å². The predicted molar refractivity (Wildman–Crippen MR) is 139 cm³/mol. The highest BCUT2D eigenvalue weighted by atomic mass is 19.4. The van der Waals surface area contributed by atoms with Gasteiger partial charge in [-0.25, -0.2) is 4.98 Å². The number of hydrogen-bond acceptors (Lipinski definition) is 7. The van der Waals surface area contributed by atoms with Crippen molar-refractivity contribution in [3.8, 4) is 28.6 Å². The first kappa shape index (κ1) is 26.4. The Balaban J connectivity index is 1.67. The third-order valence-corrected chi connectivity index (χ3v) is 6.47. The van der Waals surface area contributed by atoms with Gasteiger partial charge < -0.3 is 15.6 Å². The minimum atomic E-state index is -4.64. The molecular weight excluding hydrogens is 525 g/mol. The van der Waals surface area contributed by atoms with Crippen molar-refractivity contribution < 1.29 is 22.8 Å². The van der Waals surface area contributed by atoms with Gasteiger partial charge >= 0.3 is 6.18 Å². The minimum Gasteiger partial charge on any atom is -0.369 e. The first-order valence-electron chi connectivity index (χ1n) is 12.0. The molecule has 0 atom stereocenters. The number of amides is 2. The van der Waals surface area contributed by atoms with Crippen LogP contribution in [0.3, 0.4) is 0 Å². The van der Waals surface area contributed by atoms with Gasteiger partial charge in [0.25, 0.3) is 5.91 Å². The van der Waals surface area contributed by atoms with Crippen molar-refractivity contribution >= 4 is 23.5 Å². The van der Waals surface area contributed by atoms with Gasteiger partial charge in [0.05, 0.1) is 24.6 Å². The molecule has 1 aliphatic heterocycles. The molecule has 1 aliphatic rings. The molecule has 0 saturated heterocycles. The third kappa shape index (κ3) is 4.82. The van der Waals surface area contributed by atoms with E-state index in [9.17, 15) is 22.8 Å².